The molecule has 1 aliphatic heterocycles. The molecule has 0 radical (unpaired) electrons. The molecule has 2 aromatic carbocycles. The number of nitrogens with one attached hydrogen (secondary N) is 1. The van der Waals surface area contributed by atoms with Gasteiger partial charge in [0.15, 0.2) is 0 Å². The maximum absolute atomic E-state index is 14.5. The van der Waals surface area contributed by atoms with E-state index < -0.39 is 23.8 Å². The third-order valence-corrected chi connectivity index (χ3v) is 4.98. The summed E-state index contributed by atoms with van der Waals surface area (Å²) in [5.74, 6) is -0.904. The Morgan fingerprint density at radius 3 is 2.64 bits per heavy atom. The van der Waals surface area contributed by atoms with Gasteiger partial charge in [0.25, 0.3) is 6.43 Å². The third kappa shape index (κ3) is 3.35. The number of nitrogens with zero attached hydrogens (tertiary/aromatic N) is 3. The lowest BCUT2D eigenvalue weighted by Gasteiger charge is -2.38. The molecule has 0 spiro atoms. The van der Waals surface area contributed by atoms with Crippen molar-refractivity contribution < 1.29 is 18.3 Å². The lowest BCUT2D eigenvalue weighted by Crippen LogP contribution is -2.50. The molecular weight excluding hydrogens is 369 g/mol. The molecule has 8 heteroatoms. The molecule has 2 heterocycles. The molecule has 3 aromatic rings. The molecule has 0 amide bonds. The molecule has 5 nitrogen and oxygen atoms in total. The van der Waals surface area contributed by atoms with Crippen LogP contribution in [0, 0.1) is 5.82 Å². The molecule has 4 rings (SSSR count). The van der Waals surface area contributed by atoms with Crippen molar-refractivity contribution in [3.63, 3.8) is 0 Å². The summed E-state index contributed by atoms with van der Waals surface area (Å²) in [6.07, 6.45) is -1.67. The monoisotopic (exact) mass is 388 g/mol. The Labute approximate surface area is 159 Å². The highest BCUT2D eigenvalue weighted by Gasteiger charge is 2.25. The first-order chi connectivity index (χ1) is 13.4. The number of benzene rings is 2. The molecule has 1 fully saturated rings. The SMILES string of the molecule is C[C@@H](Nc1cnnc2ccc(N3CC(O)C3)cc12)c1cccc(C(F)F)c1F. The zero-order valence-corrected chi connectivity index (χ0v) is 15.1. The molecule has 0 bridgehead atoms. The molecule has 0 saturated carbocycles. The average molecular weight is 388 g/mol. The first-order valence-electron chi connectivity index (χ1n) is 8.95. The number of alkyl halides is 2. The van der Waals surface area contributed by atoms with Gasteiger partial charge in [0.1, 0.15) is 5.82 Å². The highest BCUT2D eigenvalue weighted by atomic mass is 19.3. The van der Waals surface area contributed by atoms with Crippen molar-refractivity contribution in [3.05, 3.63) is 59.5 Å². The van der Waals surface area contributed by atoms with E-state index >= 15 is 0 Å². The number of aromatic nitrogens is 2. The molecule has 1 atom stereocenters. The summed E-state index contributed by atoms with van der Waals surface area (Å²) >= 11 is 0. The minimum atomic E-state index is -2.87. The number of aliphatic hydroxyl groups excluding tert-OH is 1. The van der Waals surface area contributed by atoms with E-state index in [1.54, 1.807) is 6.92 Å². The van der Waals surface area contributed by atoms with Crippen LogP contribution in [0.3, 0.4) is 0 Å². The molecule has 2 N–H and O–H groups in total. The van der Waals surface area contributed by atoms with E-state index in [0.29, 0.717) is 24.3 Å². The zero-order chi connectivity index (χ0) is 19.8. The summed E-state index contributed by atoms with van der Waals surface area (Å²) < 4.78 is 40.5. The maximum Gasteiger partial charge on any atom is 0.266 e. The van der Waals surface area contributed by atoms with Gasteiger partial charge < -0.3 is 15.3 Å². The number of hydrogen-bond donors (Lipinski definition) is 2. The Morgan fingerprint density at radius 1 is 1.18 bits per heavy atom. The number of aliphatic hydroxyl groups is 1. The van der Waals surface area contributed by atoms with Gasteiger partial charge in [0.05, 0.1) is 35.1 Å². The predicted molar refractivity (Wildman–Crippen MR) is 101 cm³/mol. The Kier molecular flexibility index (Phi) is 4.80. The first-order valence-corrected chi connectivity index (χ1v) is 8.95. The summed E-state index contributed by atoms with van der Waals surface area (Å²) in [5, 5.41) is 21.5. The van der Waals surface area contributed by atoms with Crippen LogP contribution in [0.1, 0.15) is 30.5 Å². The molecule has 0 unspecified atom stereocenters. The van der Waals surface area contributed by atoms with Crippen molar-refractivity contribution in [2.45, 2.75) is 25.5 Å². The van der Waals surface area contributed by atoms with Crippen LogP contribution in [0.4, 0.5) is 24.5 Å². The minimum Gasteiger partial charge on any atom is -0.389 e. The van der Waals surface area contributed by atoms with Crippen molar-refractivity contribution in [3.8, 4) is 0 Å². The minimum absolute atomic E-state index is 0.157. The summed E-state index contributed by atoms with van der Waals surface area (Å²) in [6.45, 7) is 2.83. The standard InChI is InChI=1S/C20H19F3N4O/c1-11(14-3-2-4-15(19(14)21)20(22)23)25-18-8-24-26-17-6-5-12(7-16(17)18)27-9-13(28)10-27/h2-8,11,13,20,28H,9-10H2,1H3,(H,25,26)/t11-/m1/s1. The lowest BCUT2D eigenvalue weighted by atomic mass is 10.0. The quantitative estimate of drug-likeness (QED) is 0.690. The van der Waals surface area contributed by atoms with E-state index in [1.165, 1.54) is 18.3 Å². The van der Waals surface area contributed by atoms with Crippen LogP contribution >= 0.6 is 0 Å². The van der Waals surface area contributed by atoms with Crippen LogP contribution in [0.2, 0.25) is 0 Å². The van der Waals surface area contributed by atoms with Crippen molar-refractivity contribution >= 4 is 22.3 Å². The normalized spacial score (nSPS) is 15.7. The highest BCUT2D eigenvalue weighted by molar-refractivity contribution is 5.93. The number of fused-ring (bicyclic) bond motifs is 1. The van der Waals surface area contributed by atoms with Crippen LogP contribution in [-0.4, -0.2) is 34.5 Å². The van der Waals surface area contributed by atoms with E-state index in [2.05, 4.69) is 15.5 Å². The topological polar surface area (TPSA) is 61.3 Å². The van der Waals surface area contributed by atoms with Gasteiger partial charge in [-0.2, -0.15) is 10.2 Å². The average Bonchev–Trinajstić information content (AvgIpc) is 2.65. The van der Waals surface area contributed by atoms with Gasteiger partial charge in [-0.25, -0.2) is 13.2 Å². The summed E-state index contributed by atoms with van der Waals surface area (Å²) in [6, 6.07) is 9.11. The zero-order valence-electron chi connectivity index (χ0n) is 15.1. The van der Waals surface area contributed by atoms with Gasteiger partial charge in [-0.1, -0.05) is 18.2 Å². The number of rotatable bonds is 5. The van der Waals surface area contributed by atoms with Gasteiger partial charge in [0, 0.05) is 29.7 Å². The number of hydrogen-bond acceptors (Lipinski definition) is 5. The van der Waals surface area contributed by atoms with Gasteiger partial charge in [-0.3, -0.25) is 0 Å². The van der Waals surface area contributed by atoms with Gasteiger partial charge >= 0.3 is 0 Å². The van der Waals surface area contributed by atoms with E-state index in [9.17, 15) is 18.3 Å². The Bertz CT molecular complexity index is 1010. The number of anilines is 2. The first kappa shape index (κ1) is 18.5. The van der Waals surface area contributed by atoms with Gasteiger partial charge in [-0.15, -0.1) is 0 Å². The largest absolute Gasteiger partial charge is 0.389 e. The number of β-amino-alcohol motifs (C(OH)–C–C–N with tert-alkyl or cyclic N) is 1. The third-order valence-electron chi connectivity index (χ3n) is 4.98. The van der Waals surface area contributed by atoms with Crippen LogP contribution < -0.4 is 10.2 Å². The Balaban J connectivity index is 1.66. The van der Waals surface area contributed by atoms with Gasteiger partial charge in [0.2, 0.25) is 0 Å². The fraction of sp³-hybridized carbons (Fsp3) is 0.300. The maximum atomic E-state index is 14.5. The van der Waals surface area contributed by atoms with Crippen molar-refractivity contribution in [1.82, 2.24) is 10.2 Å². The predicted octanol–water partition coefficient (Wildman–Crippen LogP) is 4.06. The highest BCUT2D eigenvalue weighted by Crippen LogP contribution is 2.32. The van der Waals surface area contributed by atoms with Crippen molar-refractivity contribution in [1.29, 1.82) is 0 Å². The molecule has 1 saturated heterocycles. The smallest absolute Gasteiger partial charge is 0.266 e. The molecule has 0 aliphatic carbocycles. The molecule has 1 aliphatic rings. The van der Waals surface area contributed by atoms with Crippen LogP contribution in [0.25, 0.3) is 10.9 Å². The van der Waals surface area contributed by atoms with Crippen LogP contribution in [0.15, 0.2) is 42.6 Å². The number of halogens is 3. The molecule has 28 heavy (non-hydrogen) atoms. The second-order valence-electron chi connectivity index (χ2n) is 6.94. The Morgan fingerprint density at radius 2 is 1.93 bits per heavy atom. The lowest BCUT2D eigenvalue weighted by molar-refractivity contribution is 0.142. The van der Waals surface area contributed by atoms with Crippen LogP contribution in [0.5, 0.6) is 0 Å². The van der Waals surface area contributed by atoms with E-state index in [-0.39, 0.29) is 11.7 Å². The fourth-order valence-electron chi connectivity index (χ4n) is 3.41. The Hall–Kier alpha value is -2.87. The van der Waals surface area contributed by atoms with Crippen molar-refractivity contribution in [2.75, 3.05) is 23.3 Å². The summed E-state index contributed by atoms with van der Waals surface area (Å²) in [7, 11) is 0. The molecule has 1 aromatic heterocycles. The summed E-state index contributed by atoms with van der Waals surface area (Å²) in [5.41, 5.74) is 1.77. The van der Waals surface area contributed by atoms with Gasteiger partial charge in [-0.05, 0) is 25.1 Å². The van der Waals surface area contributed by atoms with E-state index in [0.717, 1.165) is 17.1 Å². The second-order valence-corrected chi connectivity index (χ2v) is 6.94. The van der Waals surface area contributed by atoms with E-state index in [4.69, 9.17) is 0 Å². The van der Waals surface area contributed by atoms with E-state index in [1.807, 2.05) is 23.1 Å². The molecular formula is C20H19F3N4O. The fourth-order valence-corrected chi connectivity index (χ4v) is 3.41. The second kappa shape index (κ2) is 7.27. The van der Waals surface area contributed by atoms with Crippen molar-refractivity contribution in [2.24, 2.45) is 0 Å². The summed E-state index contributed by atoms with van der Waals surface area (Å²) in [4.78, 5) is 2.03. The molecule has 146 valence electrons. The van der Waals surface area contributed by atoms with Crippen LogP contribution in [-0.2, 0) is 0 Å².